The Bertz CT molecular complexity index is 612. The van der Waals surface area contributed by atoms with E-state index in [4.69, 9.17) is 28.9 Å². The molecule has 3 unspecified atom stereocenters. The molecule has 0 radical (unpaired) electrons. The van der Waals surface area contributed by atoms with E-state index >= 15 is 0 Å². The van der Waals surface area contributed by atoms with Gasteiger partial charge in [0.25, 0.3) is 0 Å². The molecule has 0 aromatic heterocycles. The molecule has 0 aliphatic rings. The van der Waals surface area contributed by atoms with Gasteiger partial charge in [0.05, 0.1) is 13.2 Å². The molecule has 0 saturated carbocycles. The molecule has 0 spiro atoms. The summed E-state index contributed by atoms with van der Waals surface area (Å²) in [4.78, 5) is 28.7. The lowest BCUT2D eigenvalue weighted by molar-refractivity contribution is -0.137. The SMILES string of the molecule is CCCC(C)CCC(C)CCCCCCCCCCCCCCOCC(COCCCCC(=O)O)OP(=O)(O)O. The van der Waals surface area contributed by atoms with E-state index in [-0.39, 0.29) is 19.6 Å². The fraction of sp³-hybridized carbons (Fsp3) is 0.968. The average Bonchev–Trinajstić information content (AvgIpc) is 2.88. The number of hydrogen-bond donors (Lipinski definition) is 3. The van der Waals surface area contributed by atoms with Crippen molar-refractivity contribution in [2.75, 3.05) is 26.4 Å². The fourth-order valence-corrected chi connectivity index (χ4v) is 5.54. The molecular formula is C31H63O8P. The maximum atomic E-state index is 11.2. The summed E-state index contributed by atoms with van der Waals surface area (Å²) in [6, 6.07) is 0. The molecule has 240 valence electrons. The van der Waals surface area contributed by atoms with Crippen molar-refractivity contribution < 1.29 is 38.3 Å². The van der Waals surface area contributed by atoms with Crippen LogP contribution in [0, 0.1) is 11.8 Å². The van der Waals surface area contributed by atoms with Crippen molar-refractivity contribution in [2.24, 2.45) is 11.8 Å². The molecule has 9 heteroatoms. The molecule has 0 aliphatic heterocycles. The number of rotatable bonds is 31. The standard InChI is InChI=1S/C31H63O8P/c1-4-19-28(2)22-23-29(3)20-15-13-11-9-7-5-6-8-10-12-14-17-24-37-26-30(39-40(34,35)36)27-38-25-18-16-21-31(32)33/h28-30H,4-27H2,1-3H3,(H,32,33)(H2,34,35,36). The van der Waals surface area contributed by atoms with Crippen LogP contribution >= 0.6 is 7.82 Å². The van der Waals surface area contributed by atoms with Gasteiger partial charge in [-0.3, -0.25) is 9.32 Å². The summed E-state index contributed by atoms with van der Waals surface area (Å²) in [5, 5.41) is 8.63. The number of ether oxygens (including phenoxy) is 2. The van der Waals surface area contributed by atoms with E-state index in [9.17, 15) is 9.36 Å². The van der Waals surface area contributed by atoms with Crippen LogP contribution in [0.15, 0.2) is 0 Å². The summed E-state index contributed by atoms with van der Waals surface area (Å²) < 4.78 is 26.9. The lowest BCUT2D eigenvalue weighted by Crippen LogP contribution is -2.25. The molecule has 0 aromatic rings. The normalized spacial score (nSPS) is 14.3. The van der Waals surface area contributed by atoms with Gasteiger partial charge in [-0.1, -0.05) is 124 Å². The molecular weight excluding hydrogens is 531 g/mol. The monoisotopic (exact) mass is 594 g/mol. The number of phosphoric ester groups is 1. The molecule has 0 aromatic carbocycles. The van der Waals surface area contributed by atoms with Crippen LogP contribution in [-0.2, 0) is 23.4 Å². The quantitative estimate of drug-likeness (QED) is 0.0538. The van der Waals surface area contributed by atoms with E-state index in [1.54, 1.807) is 0 Å². The first kappa shape index (κ1) is 39.5. The minimum Gasteiger partial charge on any atom is -0.481 e. The highest BCUT2D eigenvalue weighted by Crippen LogP contribution is 2.37. The Kier molecular flexibility index (Phi) is 27.0. The predicted octanol–water partition coefficient (Wildman–Crippen LogP) is 8.68. The highest BCUT2D eigenvalue weighted by atomic mass is 31.2. The van der Waals surface area contributed by atoms with Crippen molar-refractivity contribution in [3.05, 3.63) is 0 Å². The minimum absolute atomic E-state index is 0.00399. The Morgan fingerprint density at radius 2 is 1.07 bits per heavy atom. The van der Waals surface area contributed by atoms with Gasteiger partial charge in [-0.15, -0.1) is 0 Å². The van der Waals surface area contributed by atoms with Crippen molar-refractivity contribution in [1.82, 2.24) is 0 Å². The molecule has 0 amide bonds. The molecule has 0 saturated heterocycles. The van der Waals surface area contributed by atoms with Crippen LogP contribution in [0.4, 0.5) is 0 Å². The van der Waals surface area contributed by atoms with Gasteiger partial charge < -0.3 is 24.4 Å². The third kappa shape index (κ3) is 30.5. The van der Waals surface area contributed by atoms with Crippen LogP contribution in [-0.4, -0.2) is 53.4 Å². The second kappa shape index (κ2) is 27.3. The predicted molar refractivity (Wildman–Crippen MR) is 163 cm³/mol. The van der Waals surface area contributed by atoms with Crippen LogP contribution in [0.2, 0.25) is 0 Å². The molecule has 3 N–H and O–H groups in total. The molecule has 3 atom stereocenters. The highest BCUT2D eigenvalue weighted by Gasteiger charge is 2.22. The Morgan fingerprint density at radius 3 is 1.52 bits per heavy atom. The summed E-state index contributed by atoms with van der Waals surface area (Å²) >= 11 is 0. The van der Waals surface area contributed by atoms with Gasteiger partial charge in [-0.25, -0.2) is 4.57 Å². The number of carboxylic acid groups (broad SMARTS) is 1. The Morgan fingerprint density at radius 1 is 0.650 bits per heavy atom. The minimum atomic E-state index is -4.64. The fourth-order valence-electron chi connectivity index (χ4n) is 5.03. The summed E-state index contributed by atoms with van der Waals surface area (Å²) in [5.74, 6) is 0.932. The molecule has 40 heavy (non-hydrogen) atoms. The maximum absolute atomic E-state index is 11.2. The molecule has 0 rings (SSSR count). The first-order valence-corrected chi connectivity index (χ1v) is 17.8. The Balaban J connectivity index is 3.56. The summed E-state index contributed by atoms with van der Waals surface area (Å²) in [7, 11) is -4.64. The van der Waals surface area contributed by atoms with E-state index in [0.29, 0.717) is 26.1 Å². The number of hydrogen-bond acceptors (Lipinski definition) is 5. The number of unbranched alkanes of at least 4 members (excludes halogenated alkanes) is 12. The van der Waals surface area contributed by atoms with Gasteiger partial charge in [-0.05, 0) is 31.1 Å². The van der Waals surface area contributed by atoms with E-state index < -0.39 is 19.9 Å². The number of carbonyl (C=O) groups is 1. The maximum Gasteiger partial charge on any atom is 0.470 e. The molecule has 8 nitrogen and oxygen atoms in total. The van der Waals surface area contributed by atoms with Gasteiger partial charge in [0.15, 0.2) is 0 Å². The van der Waals surface area contributed by atoms with Crippen molar-refractivity contribution in [3.63, 3.8) is 0 Å². The largest absolute Gasteiger partial charge is 0.481 e. The second-order valence-electron chi connectivity index (χ2n) is 11.8. The van der Waals surface area contributed by atoms with Crippen LogP contribution < -0.4 is 0 Å². The van der Waals surface area contributed by atoms with Crippen LogP contribution in [0.3, 0.4) is 0 Å². The number of phosphoric acid groups is 1. The topological polar surface area (TPSA) is 123 Å². The zero-order valence-corrected chi connectivity index (χ0v) is 26.9. The third-order valence-corrected chi connectivity index (χ3v) is 8.07. The van der Waals surface area contributed by atoms with Crippen molar-refractivity contribution in [2.45, 2.75) is 155 Å². The summed E-state index contributed by atoms with van der Waals surface area (Å²) in [6.45, 7) is 8.00. The lowest BCUT2D eigenvalue weighted by atomic mass is 9.92. The average molecular weight is 595 g/mol. The van der Waals surface area contributed by atoms with E-state index in [1.165, 1.54) is 96.3 Å². The summed E-state index contributed by atoms with van der Waals surface area (Å²) in [5.41, 5.74) is 0. The molecule has 0 bridgehead atoms. The van der Waals surface area contributed by atoms with Gasteiger partial charge >= 0.3 is 13.8 Å². The van der Waals surface area contributed by atoms with Gasteiger partial charge in [0.1, 0.15) is 6.10 Å². The number of carboxylic acids is 1. The number of aliphatic carboxylic acids is 1. The van der Waals surface area contributed by atoms with Crippen LogP contribution in [0.25, 0.3) is 0 Å². The molecule has 0 aliphatic carbocycles. The molecule has 0 heterocycles. The van der Waals surface area contributed by atoms with E-state index in [1.807, 2.05) is 0 Å². The first-order chi connectivity index (χ1) is 19.1. The third-order valence-electron chi connectivity index (χ3n) is 7.49. The first-order valence-electron chi connectivity index (χ1n) is 16.2. The second-order valence-corrected chi connectivity index (χ2v) is 13.0. The zero-order chi connectivity index (χ0) is 29.9. The molecule has 0 fully saturated rings. The lowest BCUT2D eigenvalue weighted by Gasteiger charge is -2.18. The summed E-state index contributed by atoms with van der Waals surface area (Å²) in [6.07, 6.45) is 22.5. The van der Waals surface area contributed by atoms with E-state index in [0.717, 1.165) is 24.7 Å². The highest BCUT2D eigenvalue weighted by molar-refractivity contribution is 7.46. The van der Waals surface area contributed by atoms with E-state index in [2.05, 4.69) is 20.8 Å². The Hall–Kier alpha value is -0.500. The van der Waals surface area contributed by atoms with Crippen molar-refractivity contribution >= 4 is 13.8 Å². The van der Waals surface area contributed by atoms with Crippen LogP contribution in [0.5, 0.6) is 0 Å². The van der Waals surface area contributed by atoms with Gasteiger partial charge in [0, 0.05) is 19.6 Å². The van der Waals surface area contributed by atoms with Crippen molar-refractivity contribution in [3.8, 4) is 0 Å². The van der Waals surface area contributed by atoms with Gasteiger partial charge in [0.2, 0.25) is 0 Å². The zero-order valence-electron chi connectivity index (χ0n) is 26.0. The Labute approximate surface area is 245 Å². The van der Waals surface area contributed by atoms with Gasteiger partial charge in [-0.2, -0.15) is 0 Å². The van der Waals surface area contributed by atoms with Crippen LogP contribution in [0.1, 0.15) is 149 Å². The van der Waals surface area contributed by atoms with Crippen molar-refractivity contribution in [1.29, 1.82) is 0 Å². The smallest absolute Gasteiger partial charge is 0.470 e.